The van der Waals surface area contributed by atoms with Crippen LogP contribution in [-0.2, 0) is 10.0 Å². The first-order valence-corrected chi connectivity index (χ1v) is 9.72. The maximum Gasteiger partial charge on any atom is 0.242 e. The smallest absolute Gasteiger partial charge is 0.242 e. The molecule has 0 amide bonds. The van der Waals surface area contributed by atoms with Gasteiger partial charge in [-0.25, -0.2) is 12.7 Å². The fourth-order valence-electron chi connectivity index (χ4n) is 2.58. The van der Waals surface area contributed by atoms with Gasteiger partial charge in [-0.3, -0.25) is 0 Å². The topological polar surface area (TPSA) is 77.3 Å². The molecular formula is C15H25N4O3S2+. The van der Waals surface area contributed by atoms with Crippen molar-refractivity contribution in [2.75, 3.05) is 58.7 Å². The molecule has 1 aromatic carbocycles. The zero-order valence-corrected chi connectivity index (χ0v) is 15.7. The zero-order chi connectivity index (χ0) is 17.7. The van der Waals surface area contributed by atoms with Gasteiger partial charge in [0.1, 0.15) is 6.54 Å². The fourth-order valence-corrected chi connectivity index (χ4v) is 3.83. The molecule has 7 nitrogen and oxygen atoms in total. The van der Waals surface area contributed by atoms with Gasteiger partial charge in [0.15, 0.2) is 5.11 Å². The predicted octanol–water partition coefficient (Wildman–Crippen LogP) is -1.17. The first kappa shape index (κ1) is 19.1. The van der Waals surface area contributed by atoms with E-state index >= 15 is 0 Å². The van der Waals surface area contributed by atoms with Crippen LogP contribution in [0.25, 0.3) is 0 Å². The van der Waals surface area contributed by atoms with Gasteiger partial charge in [-0.05, 0) is 30.4 Å². The summed E-state index contributed by atoms with van der Waals surface area (Å²) in [6, 6.07) is 6.66. The van der Waals surface area contributed by atoms with Crippen molar-refractivity contribution in [2.45, 2.75) is 4.90 Å². The second kappa shape index (κ2) is 8.21. The molecule has 0 atom stereocenters. The molecule has 1 fully saturated rings. The molecule has 134 valence electrons. The van der Waals surface area contributed by atoms with Crippen LogP contribution in [0.3, 0.4) is 0 Å². The second-order valence-corrected chi connectivity index (χ2v) is 8.49. The number of piperazine rings is 1. The summed E-state index contributed by atoms with van der Waals surface area (Å²) >= 11 is 5.44. The number of quaternary nitrogens is 1. The number of anilines is 1. The van der Waals surface area contributed by atoms with Crippen LogP contribution in [-0.4, -0.2) is 81.3 Å². The van der Waals surface area contributed by atoms with Gasteiger partial charge in [0.05, 0.1) is 37.7 Å². The number of hydrogen-bond donors (Lipinski definition) is 3. The van der Waals surface area contributed by atoms with E-state index in [1.165, 1.54) is 23.3 Å². The molecule has 3 N–H and O–H groups in total. The molecule has 0 bridgehead atoms. The van der Waals surface area contributed by atoms with E-state index in [4.69, 9.17) is 17.3 Å². The van der Waals surface area contributed by atoms with Crippen molar-refractivity contribution in [2.24, 2.45) is 0 Å². The van der Waals surface area contributed by atoms with E-state index in [9.17, 15) is 8.42 Å². The lowest BCUT2D eigenvalue weighted by molar-refractivity contribution is -0.904. The molecule has 0 saturated carbocycles. The lowest BCUT2D eigenvalue weighted by Gasteiger charge is -2.33. The second-order valence-electron chi connectivity index (χ2n) is 5.96. The van der Waals surface area contributed by atoms with Gasteiger partial charge >= 0.3 is 0 Å². The predicted molar refractivity (Wildman–Crippen MR) is 97.8 cm³/mol. The number of thiocarbonyl (C=S) groups is 1. The molecule has 0 radical (unpaired) electrons. The third-order valence-corrected chi connectivity index (χ3v) is 6.26. The summed E-state index contributed by atoms with van der Waals surface area (Å²) in [7, 11) is -0.448. The highest BCUT2D eigenvalue weighted by atomic mass is 32.2. The Morgan fingerprint density at radius 3 is 2.62 bits per heavy atom. The molecule has 0 unspecified atom stereocenters. The van der Waals surface area contributed by atoms with E-state index in [0.29, 0.717) is 10.8 Å². The minimum atomic E-state index is -3.46. The number of nitrogens with one attached hydrogen (secondary N) is 2. The van der Waals surface area contributed by atoms with Gasteiger partial charge < -0.3 is 20.2 Å². The Kier molecular flexibility index (Phi) is 6.53. The van der Waals surface area contributed by atoms with Crippen molar-refractivity contribution >= 4 is 33.0 Å². The summed E-state index contributed by atoms with van der Waals surface area (Å²) in [6.07, 6.45) is 0. The Morgan fingerprint density at radius 1 is 1.38 bits per heavy atom. The molecule has 1 aromatic rings. The summed E-state index contributed by atoms with van der Waals surface area (Å²) in [5, 5.41) is 12.7. The van der Waals surface area contributed by atoms with E-state index in [2.05, 4.69) is 10.2 Å². The maximum atomic E-state index is 12.2. The Morgan fingerprint density at radius 2 is 2.04 bits per heavy atom. The van der Waals surface area contributed by atoms with Crippen molar-refractivity contribution < 1.29 is 18.4 Å². The van der Waals surface area contributed by atoms with Crippen molar-refractivity contribution in [1.82, 2.24) is 9.21 Å². The van der Waals surface area contributed by atoms with Crippen LogP contribution in [0.4, 0.5) is 5.69 Å². The third kappa shape index (κ3) is 4.64. The summed E-state index contributed by atoms with van der Waals surface area (Å²) in [4.78, 5) is 3.68. The number of aliphatic hydroxyl groups excluding tert-OH is 1. The van der Waals surface area contributed by atoms with E-state index in [-0.39, 0.29) is 11.5 Å². The summed E-state index contributed by atoms with van der Waals surface area (Å²) in [5.41, 5.74) is 0.660. The number of nitrogens with zero attached hydrogens (tertiary/aromatic N) is 2. The van der Waals surface area contributed by atoms with Crippen LogP contribution < -0.4 is 10.2 Å². The molecule has 9 heteroatoms. The minimum Gasteiger partial charge on any atom is -0.391 e. The first-order chi connectivity index (χ1) is 11.3. The molecule has 0 aromatic heterocycles. The van der Waals surface area contributed by atoms with Crippen LogP contribution in [0.2, 0.25) is 0 Å². The standard InChI is InChI=1S/C15H24N4O3S2/c1-17(2)24(21,22)14-5-3-4-13(12-14)16-15(23)19-8-6-18(7-9-19)10-11-20/h3-5,12,20H,6-11H2,1-2H3,(H,16,23)/p+1. The molecule has 1 saturated heterocycles. The minimum absolute atomic E-state index is 0.200. The Hall–Kier alpha value is -1.26. The normalized spacial score (nSPS) is 16.4. The molecule has 0 spiro atoms. The highest BCUT2D eigenvalue weighted by Crippen LogP contribution is 2.18. The molecule has 1 aliphatic rings. The zero-order valence-electron chi connectivity index (χ0n) is 14.0. The van der Waals surface area contributed by atoms with E-state index < -0.39 is 10.0 Å². The van der Waals surface area contributed by atoms with Gasteiger partial charge in [0.25, 0.3) is 0 Å². The fraction of sp³-hybridized carbons (Fsp3) is 0.533. The molecule has 24 heavy (non-hydrogen) atoms. The van der Waals surface area contributed by atoms with Gasteiger partial charge in [-0.1, -0.05) is 6.07 Å². The van der Waals surface area contributed by atoms with Crippen LogP contribution in [0, 0.1) is 0 Å². The lowest BCUT2D eigenvalue weighted by Crippen LogP contribution is -3.15. The van der Waals surface area contributed by atoms with Crippen LogP contribution in [0.5, 0.6) is 0 Å². The van der Waals surface area contributed by atoms with E-state index in [0.717, 1.165) is 32.7 Å². The molecule has 2 rings (SSSR count). The Bertz CT molecular complexity index is 671. The van der Waals surface area contributed by atoms with Gasteiger partial charge in [-0.15, -0.1) is 0 Å². The van der Waals surface area contributed by atoms with Gasteiger partial charge in [0.2, 0.25) is 10.0 Å². The maximum absolute atomic E-state index is 12.2. The number of hydrogen-bond acceptors (Lipinski definition) is 4. The van der Waals surface area contributed by atoms with E-state index in [1.807, 2.05) is 0 Å². The highest BCUT2D eigenvalue weighted by Gasteiger charge is 2.22. The highest BCUT2D eigenvalue weighted by molar-refractivity contribution is 7.89. The van der Waals surface area contributed by atoms with Crippen molar-refractivity contribution in [3.05, 3.63) is 24.3 Å². The third-order valence-electron chi connectivity index (χ3n) is 4.09. The Labute approximate surface area is 148 Å². The summed E-state index contributed by atoms with van der Waals surface area (Å²) < 4.78 is 25.6. The largest absolute Gasteiger partial charge is 0.391 e. The summed E-state index contributed by atoms with van der Waals surface area (Å²) in [5.74, 6) is 0. The Balaban J connectivity index is 2.00. The lowest BCUT2D eigenvalue weighted by atomic mass is 10.3. The molecule has 1 heterocycles. The SMILES string of the molecule is CN(C)S(=O)(=O)c1cccc(NC(=S)N2CC[NH+](CCO)CC2)c1. The average Bonchev–Trinajstić information content (AvgIpc) is 2.56. The monoisotopic (exact) mass is 373 g/mol. The van der Waals surface area contributed by atoms with Crippen molar-refractivity contribution in [1.29, 1.82) is 0 Å². The molecule has 0 aliphatic carbocycles. The van der Waals surface area contributed by atoms with Gasteiger partial charge in [0, 0.05) is 19.8 Å². The van der Waals surface area contributed by atoms with Crippen molar-refractivity contribution in [3.8, 4) is 0 Å². The number of benzene rings is 1. The van der Waals surface area contributed by atoms with Crippen LogP contribution in [0.15, 0.2) is 29.2 Å². The summed E-state index contributed by atoms with van der Waals surface area (Å²) in [6.45, 7) is 4.45. The average molecular weight is 374 g/mol. The van der Waals surface area contributed by atoms with Crippen molar-refractivity contribution in [3.63, 3.8) is 0 Å². The van der Waals surface area contributed by atoms with E-state index in [1.54, 1.807) is 24.3 Å². The van der Waals surface area contributed by atoms with Crippen LogP contribution in [0.1, 0.15) is 0 Å². The first-order valence-electron chi connectivity index (χ1n) is 7.87. The molecular weight excluding hydrogens is 348 g/mol. The quantitative estimate of drug-likeness (QED) is 0.565. The molecule has 1 aliphatic heterocycles. The van der Waals surface area contributed by atoms with Gasteiger partial charge in [-0.2, -0.15) is 0 Å². The number of rotatable bonds is 5. The number of aliphatic hydroxyl groups is 1. The number of sulfonamides is 1. The van der Waals surface area contributed by atoms with Crippen LogP contribution >= 0.6 is 12.2 Å².